The normalized spacial score (nSPS) is 13.2. The van der Waals surface area contributed by atoms with E-state index in [0.717, 1.165) is 16.8 Å². The van der Waals surface area contributed by atoms with Gasteiger partial charge in [0, 0.05) is 19.9 Å². The van der Waals surface area contributed by atoms with E-state index in [9.17, 15) is 8.96 Å². The molecule has 1 atom stereocenters. The van der Waals surface area contributed by atoms with Crippen molar-refractivity contribution < 1.29 is 18.0 Å². The number of nitrogens with one attached hydrogen (secondary N) is 1. The summed E-state index contributed by atoms with van der Waals surface area (Å²) in [6.07, 6.45) is 0. The van der Waals surface area contributed by atoms with Crippen molar-refractivity contribution in [1.29, 1.82) is 0 Å². The first-order chi connectivity index (χ1) is 12.7. The van der Waals surface area contributed by atoms with E-state index in [1.165, 1.54) is 26.4 Å². The van der Waals surface area contributed by atoms with Crippen LogP contribution in [0.15, 0.2) is 42.5 Å². The molecule has 0 aliphatic carbocycles. The van der Waals surface area contributed by atoms with Crippen molar-refractivity contribution in [3.8, 4) is 0 Å². The summed E-state index contributed by atoms with van der Waals surface area (Å²) >= 11 is 0. The first-order valence-electron chi connectivity index (χ1n) is 9.09. The van der Waals surface area contributed by atoms with Gasteiger partial charge < -0.3 is 14.4 Å². The van der Waals surface area contributed by atoms with Gasteiger partial charge in [0.1, 0.15) is 5.82 Å². The molecule has 0 aliphatic rings. The molecule has 2 aromatic rings. The standard InChI is InChI=1S/C21H29FNO3P/c1-14(2)18-8-7-9-19(15(3)4)20(18)23-21(27(24,25-5)26-6)16-10-12-17(22)13-11-16/h7-15,21,23H,1-6H3. The lowest BCUT2D eigenvalue weighted by Gasteiger charge is -2.30. The molecule has 0 saturated heterocycles. The lowest BCUT2D eigenvalue weighted by Crippen LogP contribution is -2.16. The summed E-state index contributed by atoms with van der Waals surface area (Å²) in [4.78, 5) is 0. The molecular formula is C21H29FNO3P. The van der Waals surface area contributed by atoms with E-state index < -0.39 is 13.4 Å². The summed E-state index contributed by atoms with van der Waals surface area (Å²) in [5.41, 5.74) is 3.79. The van der Waals surface area contributed by atoms with Gasteiger partial charge in [-0.05, 0) is 40.7 Å². The molecule has 0 fully saturated rings. The van der Waals surface area contributed by atoms with Crippen LogP contribution in [0.2, 0.25) is 0 Å². The average Bonchev–Trinajstić information content (AvgIpc) is 2.66. The Kier molecular flexibility index (Phi) is 7.21. The van der Waals surface area contributed by atoms with Crippen LogP contribution in [0.25, 0.3) is 0 Å². The fourth-order valence-corrected chi connectivity index (χ4v) is 4.53. The third kappa shape index (κ3) is 4.78. The van der Waals surface area contributed by atoms with Crippen LogP contribution in [0.1, 0.15) is 62.0 Å². The third-order valence-corrected chi connectivity index (χ3v) is 6.74. The number of para-hydroxylation sites is 1. The Hall–Kier alpha value is -1.68. The predicted molar refractivity (Wildman–Crippen MR) is 109 cm³/mol. The molecule has 0 heterocycles. The minimum atomic E-state index is -3.53. The van der Waals surface area contributed by atoms with Crippen LogP contribution in [-0.2, 0) is 13.6 Å². The van der Waals surface area contributed by atoms with Crippen molar-refractivity contribution in [2.24, 2.45) is 0 Å². The molecule has 2 rings (SSSR count). The van der Waals surface area contributed by atoms with Crippen molar-refractivity contribution in [3.63, 3.8) is 0 Å². The minimum Gasteiger partial charge on any atom is -0.367 e. The van der Waals surface area contributed by atoms with Gasteiger partial charge in [0.15, 0.2) is 5.78 Å². The van der Waals surface area contributed by atoms with E-state index in [4.69, 9.17) is 9.05 Å². The highest BCUT2D eigenvalue weighted by molar-refractivity contribution is 7.54. The minimum absolute atomic E-state index is 0.268. The molecule has 0 amide bonds. The van der Waals surface area contributed by atoms with Crippen LogP contribution in [-0.4, -0.2) is 14.2 Å². The van der Waals surface area contributed by atoms with Gasteiger partial charge in [-0.25, -0.2) is 4.39 Å². The summed E-state index contributed by atoms with van der Waals surface area (Å²) in [5.74, 6) is -0.577. The highest BCUT2D eigenvalue weighted by atomic mass is 31.2. The van der Waals surface area contributed by atoms with E-state index >= 15 is 0 Å². The van der Waals surface area contributed by atoms with Gasteiger partial charge in [0.25, 0.3) is 0 Å². The Morgan fingerprint density at radius 2 is 1.37 bits per heavy atom. The maximum absolute atomic E-state index is 13.4. The number of anilines is 1. The lowest BCUT2D eigenvalue weighted by molar-refractivity contribution is 0.268. The SMILES string of the molecule is COP(=O)(OC)C(Nc1c(C(C)C)cccc1C(C)C)c1ccc(F)cc1. The fraction of sp³-hybridized carbons (Fsp3) is 0.429. The Morgan fingerprint density at radius 1 is 0.889 bits per heavy atom. The smallest absolute Gasteiger partial charge is 0.356 e. The number of halogens is 1. The Balaban J connectivity index is 2.63. The second kappa shape index (κ2) is 9.01. The van der Waals surface area contributed by atoms with E-state index in [0.29, 0.717) is 5.56 Å². The second-order valence-electron chi connectivity index (χ2n) is 7.12. The van der Waals surface area contributed by atoms with Crippen LogP contribution < -0.4 is 5.32 Å². The molecular weight excluding hydrogens is 364 g/mol. The molecule has 0 radical (unpaired) electrons. The molecule has 6 heteroatoms. The van der Waals surface area contributed by atoms with Gasteiger partial charge in [0.05, 0.1) is 0 Å². The molecule has 4 nitrogen and oxygen atoms in total. The molecule has 0 aromatic heterocycles. The third-order valence-electron chi connectivity index (χ3n) is 4.66. The summed E-state index contributed by atoms with van der Waals surface area (Å²) in [6, 6.07) is 12.1. The highest BCUT2D eigenvalue weighted by Gasteiger charge is 2.36. The first-order valence-corrected chi connectivity index (χ1v) is 10.7. The number of benzene rings is 2. The topological polar surface area (TPSA) is 47.6 Å². The largest absolute Gasteiger partial charge is 0.367 e. The monoisotopic (exact) mass is 393 g/mol. The molecule has 2 aromatic carbocycles. The zero-order valence-corrected chi connectivity index (χ0v) is 17.7. The van der Waals surface area contributed by atoms with Crippen LogP contribution in [0.5, 0.6) is 0 Å². The van der Waals surface area contributed by atoms with Gasteiger partial charge in [-0.3, -0.25) is 4.57 Å². The maximum atomic E-state index is 13.4. The lowest BCUT2D eigenvalue weighted by atomic mass is 9.92. The van der Waals surface area contributed by atoms with E-state index in [2.05, 4.69) is 45.1 Å². The average molecular weight is 393 g/mol. The Bertz CT molecular complexity index is 771. The van der Waals surface area contributed by atoms with Crippen molar-refractivity contribution in [1.82, 2.24) is 0 Å². The highest BCUT2D eigenvalue weighted by Crippen LogP contribution is 2.60. The first kappa shape index (κ1) is 21.6. The fourth-order valence-electron chi connectivity index (χ4n) is 3.13. The molecule has 0 saturated carbocycles. The summed E-state index contributed by atoms with van der Waals surface area (Å²) in [6.45, 7) is 8.46. The summed E-state index contributed by atoms with van der Waals surface area (Å²) in [5, 5.41) is 3.42. The van der Waals surface area contributed by atoms with Crippen LogP contribution in [0.3, 0.4) is 0 Å². The van der Waals surface area contributed by atoms with Crippen molar-refractivity contribution in [3.05, 3.63) is 65.0 Å². The molecule has 0 spiro atoms. The summed E-state index contributed by atoms with van der Waals surface area (Å²) < 4.78 is 37.3. The van der Waals surface area contributed by atoms with Gasteiger partial charge >= 0.3 is 7.60 Å². The predicted octanol–water partition coefficient (Wildman–Crippen LogP) is 6.67. The molecule has 0 bridgehead atoms. The Labute approximate surface area is 161 Å². The second-order valence-corrected chi connectivity index (χ2v) is 9.45. The zero-order chi connectivity index (χ0) is 20.2. The van der Waals surface area contributed by atoms with E-state index in [1.807, 2.05) is 6.07 Å². The van der Waals surface area contributed by atoms with Gasteiger partial charge in [-0.1, -0.05) is 58.0 Å². The number of hydrogen-bond donors (Lipinski definition) is 1. The molecule has 0 aliphatic heterocycles. The van der Waals surface area contributed by atoms with Gasteiger partial charge in [-0.2, -0.15) is 0 Å². The molecule has 1 unspecified atom stereocenters. The van der Waals surface area contributed by atoms with Gasteiger partial charge in [-0.15, -0.1) is 0 Å². The van der Waals surface area contributed by atoms with Gasteiger partial charge in [0.2, 0.25) is 0 Å². The van der Waals surface area contributed by atoms with E-state index in [1.54, 1.807) is 12.1 Å². The van der Waals surface area contributed by atoms with Crippen LogP contribution >= 0.6 is 7.60 Å². The molecule has 27 heavy (non-hydrogen) atoms. The molecule has 1 N–H and O–H groups in total. The van der Waals surface area contributed by atoms with Crippen molar-refractivity contribution >= 4 is 13.3 Å². The van der Waals surface area contributed by atoms with Crippen molar-refractivity contribution in [2.45, 2.75) is 45.3 Å². The zero-order valence-electron chi connectivity index (χ0n) is 16.8. The van der Waals surface area contributed by atoms with Crippen LogP contribution in [0, 0.1) is 5.82 Å². The van der Waals surface area contributed by atoms with Crippen LogP contribution in [0.4, 0.5) is 10.1 Å². The number of hydrogen-bond acceptors (Lipinski definition) is 4. The quantitative estimate of drug-likeness (QED) is 0.509. The summed E-state index contributed by atoms with van der Waals surface area (Å²) in [7, 11) is -0.805. The maximum Gasteiger partial charge on any atom is 0.356 e. The van der Waals surface area contributed by atoms with E-state index in [-0.39, 0.29) is 17.7 Å². The van der Waals surface area contributed by atoms with Crippen molar-refractivity contribution in [2.75, 3.05) is 19.5 Å². The number of rotatable bonds is 8. The Morgan fingerprint density at radius 3 is 1.78 bits per heavy atom. The molecule has 148 valence electrons.